The fourth-order valence-electron chi connectivity index (χ4n) is 2.55. The number of nitrogens with one attached hydrogen (secondary N) is 1. The smallest absolute Gasteiger partial charge is 0.128 e. The molecule has 2 rings (SSSR count). The molecule has 3 nitrogen and oxygen atoms in total. The highest BCUT2D eigenvalue weighted by Crippen LogP contribution is 2.28. The van der Waals surface area contributed by atoms with Crippen LogP contribution in [-0.2, 0) is 13.1 Å². The zero-order valence-electron chi connectivity index (χ0n) is 13.9. The molecule has 0 bridgehead atoms. The molecular formula is C18H27N3. The molecule has 1 heterocycles. The molecule has 0 amide bonds. The molecule has 0 saturated heterocycles. The Morgan fingerprint density at radius 3 is 2.52 bits per heavy atom. The normalized spacial score (nSPS) is 11.4. The van der Waals surface area contributed by atoms with E-state index in [-0.39, 0.29) is 0 Å². The zero-order chi connectivity index (χ0) is 15.4. The highest BCUT2D eigenvalue weighted by atomic mass is 15.1. The zero-order valence-corrected chi connectivity index (χ0v) is 13.9. The summed E-state index contributed by atoms with van der Waals surface area (Å²) in [7, 11) is 0. The van der Waals surface area contributed by atoms with Crippen LogP contribution in [0, 0.1) is 0 Å². The molecule has 114 valence electrons. The molecule has 0 radical (unpaired) electrons. The number of aromatic nitrogens is 2. The molecule has 0 saturated carbocycles. The second kappa shape index (κ2) is 6.79. The first kappa shape index (κ1) is 15.6. The number of hydrogen-bond donors (Lipinski definition) is 1. The van der Waals surface area contributed by atoms with Gasteiger partial charge in [-0.3, -0.25) is 0 Å². The van der Waals surface area contributed by atoms with E-state index in [1.165, 1.54) is 16.8 Å². The van der Waals surface area contributed by atoms with Crippen LogP contribution in [0.25, 0.3) is 0 Å². The van der Waals surface area contributed by atoms with Crippen molar-refractivity contribution in [1.29, 1.82) is 0 Å². The summed E-state index contributed by atoms with van der Waals surface area (Å²) in [6, 6.07) is 6.78. The fraction of sp³-hybridized carbons (Fsp3) is 0.500. The molecule has 0 spiro atoms. The van der Waals surface area contributed by atoms with Crippen LogP contribution in [0.4, 0.5) is 5.69 Å². The molecule has 0 fully saturated rings. The number of hydrogen-bond acceptors (Lipinski definition) is 2. The maximum Gasteiger partial charge on any atom is 0.128 e. The Bertz CT molecular complexity index is 582. The number of benzene rings is 1. The van der Waals surface area contributed by atoms with Gasteiger partial charge in [0.15, 0.2) is 0 Å². The van der Waals surface area contributed by atoms with E-state index in [0.29, 0.717) is 11.8 Å². The summed E-state index contributed by atoms with van der Waals surface area (Å²) in [5.74, 6) is 2.16. The largest absolute Gasteiger partial charge is 0.378 e. The monoisotopic (exact) mass is 285 g/mol. The van der Waals surface area contributed by atoms with Crippen LogP contribution in [0.15, 0.2) is 30.6 Å². The van der Waals surface area contributed by atoms with Crippen molar-refractivity contribution in [3.05, 3.63) is 47.5 Å². The van der Waals surface area contributed by atoms with Gasteiger partial charge < -0.3 is 9.88 Å². The van der Waals surface area contributed by atoms with Crippen LogP contribution >= 0.6 is 0 Å². The second-order valence-corrected chi connectivity index (χ2v) is 6.14. The maximum atomic E-state index is 4.42. The van der Waals surface area contributed by atoms with E-state index in [1.807, 2.05) is 12.4 Å². The molecule has 21 heavy (non-hydrogen) atoms. The van der Waals surface area contributed by atoms with E-state index >= 15 is 0 Å². The third-order valence-corrected chi connectivity index (χ3v) is 3.94. The van der Waals surface area contributed by atoms with Crippen molar-refractivity contribution in [3.63, 3.8) is 0 Å². The predicted molar refractivity (Wildman–Crippen MR) is 89.8 cm³/mol. The van der Waals surface area contributed by atoms with Crippen molar-refractivity contribution >= 4 is 5.69 Å². The highest BCUT2D eigenvalue weighted by molar-refractivity contribution is 5.54. The van der Waals surface area contributed by atoms with Crippen molar-refractivity contribution in [2.45, 2.75) is 59.5 Å². The van der Waals surface area contributed by atoms with Gasteiger partial charge in [-0.05, 0) is 36.0 Å². The van der Waals surface area contributed by atoms with Gasteiger partial charge in [0.05, 0.1) is 6.54 Å². The number of aryl methyl sites for hydroxylation is 1. The lowest BCUT2D eigenvalue weighted by Crippen LogP contribution is -2.09. The summed E-state index contributed by atoms with van der Waals surface area (Å²) in [4.78, 5) is 4.42. The Morgan fingerprint density at radius 2 is 1.90 bits per heavy atom. The maximum absolute atomic E-state index is 4.42. The summed E-state index contributed by atoms with van der Waals surface area (Å²) < 4.78 is 2.17. The van der Waals surface area contributed by atoms with Gasteiger partial charge in [-0.15, -0.1) is 0 Å². The fourth-order valence-corrected chi connectivity index (χ4v) is 2.55. The average Bonchev–Trinajstić information content (AvgIpc) is 2.92. The summed E-state index contributed by atoms with van der Waals surface area (Å²) in [6.07, 6.45) is 3.90. The van der Waals surface area contributed by atoms with Crippen LogP contribution in [0.1, 0.15) is 63.4 Å². The third-order valence-electron chi connectivity index (χ3n) is 3.94. The SMILES string of the molecule is CCn1ccnc1CNc1ccc(C(C)C)cc1C(C)C. The minimum absolute atomic E-state index is 0.511. The van der Waals surface area contributed by atoms with E-state index in [0.717, 1.165) is 18.9 Å². The number of imidazole rings is 1. The predicted octanol–water partition coefficient (Wildman–Crippen LogP) is 4.76. The lowest BCUT2D eigenvalue weighted by molar-refractivity contribution is 0.707. The molecule has 0 atom stereocenters. The standard InChI is InChI=1S/C18H27N3/c1-6-21-10-9-19-18(21)12-20-17-8-7-15(13(2)3)11-16(17)14(4)5/h7-11,13-14,20H,6,12H2,1-5H3. The summed E-state index contributed by atoms with van der Waals surface area (Å²) in [5, 5.41) is 3.55. The summed E-state index contributed by atoms with van der Waals surface area (Å²) in [6.45, 7) is 12.8. The van der Waals surface area contributed by atoms with Gasteiger partial charge in [-0.25, -0.2) is 4.98 Å². The molecule has 0 aliphatic rings. The van der Waals surface area contributed by atoms with Gasteiger partial charge in [-0.1, -0.05) is 39.8 Å². The first-order valence-electron chi connectivity index (χ1n) is 7.90. The molecule has 2 aromatic rings. The second-order valence-electron chi connectivity index (χ2n) is 6.14. The van der Waals surface area contributed by atoms with Gasteiger partial charge in [0.1, 0.15) is 5.82 Å². The van der Waals surface area contributed by atoms with Crippen molar-refractivity contribution < 1.29 is 0 Å². The van der Waals surface area contributed by atoms with E-state index in [1.54, 1.807) is 0 Å². The Kier molecular flexibility index (Phi) is 5.05. The van der Waals surface area contributed by atoms with Crippen molar-refractivity contribution in [2.24, 2.45) is 0 Å². The summed E-state index contributed by atoms with van der Waals surface area (Å²) in [5.41, 5.74) is 4.01. The summed E-state index contributed by atoms with van der Waals surface area (Å²) >= 11 is 0. The number of anilines is 1. The quantitative estimate of drug-likeness (QED) is 0.829. The Balaban J connectivity index is 2.19. The molecule has 1 aromatic heterocycles. The minimum Gasteiger partial charge on any atom is -0.378 e. The Labute approximate surface area is 128 Å². The molecule has 3 heteroatoms. The van der Waals surface area contributed by atoms with Crippen LogP contribution < -0.4 is 5.32 Å². The molecule has 0 aliphatic heterocycles. The van der Waals surface area contributed by atoms with Crippen molar-refractivity contribution in [1.82, 2.24) is 9.55 Å². The minimum atomic E-state index is 0.511. The van der Waals surface area contributed by atoms with Gasteiger partial charge in [0.25, 0.3) is 0 Å². The number of rotatable bonds is 6. The first-order valence-corrected chi connectivity index (χ1v) is 7.90. The Hall–Kier alpha value is -1.77. The third kappa shape index (κ3) is 3.66. The van der Waals surface area contributed by atoms with Gasteiger partial charge >= 0.3 is 0 Å². The van der Waals surface area contributed by atoms with Crippen molar-refractivity contribution in [2.75, 3.05) is 5.32 Å². The lowest BCUT2D eigenvalue weighted by atomic mass is 9.94. The van der Waals surface area contributed by atoms with Crippen LogP contribution in [0.5, 0.6) is 0 Å². The number of nitrogens with zero attached hydrogens (tertiary/aromatic N) is 2. The van der Waals surface area contributed by atoms with E-state index in [9.17, 15) is 0 Å². The van der Waals surface area contributed by atoms with Crippen LogP contribution in [0.3, 0.4) is 0 Å². The van der Waals surface area contributed by atoms with Crippen LogP contribution in [0.2, 0.25) is 0 Å². The lowest BCUT2D eigenvalue weighted by Gasteiger charge is -2.18. The van der Waals surface area contributed by atoms with Crippen LogP contribution in [-0.4, -0.2) is 9.55 Å². The molecular weight excluding hydrogens is 258 g/mol. The first-order chi connectivity index (χ1) is 10.0. The highest BCUT2D eigenvalue weighted by Gasteiger charge is 2.10. The van der Waals surface area contributed by atoms with E-state index in [2.05, 4.69) is 67.7 Å². The molecule has 0 unspecified atom stereocenters. The molecule has 0 aliphatic carbocycles. The van der Waals surface area contributed by atoms with Gasteiger partial charge in [0, 0.05) is 24.6 Å². The van der Waals surface area contributed by atoms with E-state index in [4.69, 9.17) is 0 Å². The van der Waals surface area contributed by atoms with Gasteiger partial charge in [0.2, 0.25) is 0 Å². The van der Waals surface area contributed by atoms with Gasteiger partial charge in [-0.2, -0.15) is 0 Å². The topological polar surface area (TPSA) is 29.9 Å². The van der Waals surface area contributed by atoms with E-state index < -0.39 is 0 Å². The molecule has 1 N–H and O–H groups in total. The molecule has 1 aromatic carbocycles. The Morgan fingerprint density at radius 1 is 1.14 bits per heavy atom. The average molecular weight is 285 g/mol. The van der Waals surface area contributed by atoms with Crippen molar-refractivity contribution in [3.8, 4) is 0 Å².